The maximum Gasteiger partial charge on any atom is 0.194 e. The van der Waals surface area contributed by atoms with Gasteiger partial charge in [-0.2, -0.15) is 5.10 Å². The van der Waals surface area contributed by atoms with Gasteiger partial charge in [-0.15, -0.1) is 0 Å². The molecule has 112 valence electrons. The summed E-state index contributed by atoms with van der Waals surface area (Å²) in [4.78, 5) is 7.05. The molecule has 20 heavy (non-hydrogen) atoms. The molecular formula is C14H25N5O. The number of nitrogens with one attached hydrogen (secondary N) is 1. The molecular weight excluding hydrogens is 254 g/mol. The Morgan fingerprint density at radius 1 is 1.60 bits per heavy atom. The van der Waals surface area contributed by atoms with Crippen molar-refractivity contribution < 1.29 is 4.74 Å². The number of hydrogen-bond donors (Lipinski definition) is 1. The number of aromatic nitrogens is 2. The number of methoxy groups -OCH3 is 1. The highest BCUT2D eigenvalue weighted by atomic mass is 16.5. The Hall–Kier alpha value is -1.56. The molecule has 1 aliphatic heterocycles. The van der Waals surface area contributed by atoms with Gasteiger partial charge < -0.3 is 15.0 Å². The molecule has 1 saturated heterocycles. The molecule has 0 radical (unpaired) electrons. The zero-order chi connectivity index (χ0) is 14.4. The fraction of sp³-hybridized carbons (Fsp3) is 0.714. The van der Waals surface area contributed by atoms with Crippen molar-refractivity contribution in [3.8, 4) is 0 Å². The average Bonchev–Trinajstić information content (AvgIpc) is 3.05. The summed E-state index contributed by atoms with van der Waals surface area (Å²) in [5.74, 6) is 1.60. The summed E-state index contributed by atoms with van der Waals surface area (Å²) in [6.45, 7) is 6.54. The molecule has 0 saturated carbocycles. The van der Waals surface area contributed by atoms with Gasteiger partial charge in [-0.3, -0.25) is 4.68 Å². The van der Waals surface area contributed by atoms with Gasteiger partial charge in [0.1, 0.15) is 0 Å². The number of ether oxygens (including phenoxy) is 1. The number of rotatable bonds is 5. The lowest BCUT2D eigenvalue weighted by molar-refractivity contribution is 0.157. The monoisotopic (exact) mass is 279 g/mol. The van der Waals surface area contributed by atoms with Crippen LogP contribution in [0.5, 0.6) is 0 Å². The first-order valence-corrected chi connectivity index (χ1v) is 7.23. The molecule has 1 aromatic rings. The SMILES string of the molecule is CCNC(=NCc1ccnn1C)N1CCC(COC)C1. The third-order valence-electron chi connectivity index (χ3n) is 3.64. The van der Waals surface area contributed by atoms with Crippen LogP contribution in [-0.4, -0.2) is 54.0 Å². The van der Waals surface area contributed by atoms with Gasteiger partial charge in [-0.1, -0.05) is 0 Å². The minimum atomic E-state index is 0.612. The van der Waals surface area contributed by atoms with Crippen molar-refractivity contribution in [2.24, 2.45) is 18.0 Å². The van der Waals surface area contributed by atoms with E-state index in [2.05, 4.69) is 22.2 Å². The van der Waals surface area contributed by atoms with Gasteiger partial charge in [0.25, 0.3) is 0 Å². The molecule has 0 amide bonds. The van der Waals surface area contributed by atoms with Crippen LogP contribution in [0.2, 0.25) is 0 Å². The van der Waals surface area contributed by atoms with Gasteiger partial charge >= 0.3 is 0 Å². The van der Waals surface area contributed by atoms with E-state index in [1.54, 1.807) is 7.11 Å². The molecule has 1 aromatic heterocycles. The average molecular weight is 279 g/mol. The van der Waals surface area contributed by atoms with Crippen molar-refractivity contribution in [2.45, 2.75) is 19.9 Å². The van der Waals surface area contributed by atoms with E-state index in [9.17, 15) is 0 Å². The van der Waals surface area contributed by atoms with Crippen molar-refractivity contribution >= 4 is 5.96 Å². The first-order chi connectivity index (χ1) is 9.74. The molecule has 6 heteroatoms. The summed E-state index contributed by atoms with van der Waals surface area (Å²) in [6.07, 6.45) is 2.98. The lowest BCUT2D eigenvalue weighted by atomic mass is 10.1. The molecule has 6 nitrogen and oxygen atoms in total. The van der Waals surface area contributed by atoms with Crippen molar-refractivity contribution in [3.63, 3.8) is 0 Å². The maximum atomic E-state index is 5.25. The Morgan fingerprint density at radius 2 is 2.45 bits per heavy atom. The molecule has 2 rings (SSSR count). The van der Waals surface area contributed by atoms with E-state index in [0.29, 0.717) is 12.5 Å². The van der Waals surface area contributed by atoms with Gasteiger partial charge in [0.15, 0.2) is 5.96 Å². The Kier molecular flexibility index (Phi) is 5.40. The smallest absolute Gasteiger partial charge is 0.194 e. The lowest BCUT2D eigenvalue weighted by Crippen LogP contribution is -2.40. The maximum absolute atomic E-state index is 5.25. The van der Waals surface area contributed by atoms with Crippen LogP contribution in [0.1, 0.15) is 19.0 Å². The van der Waals surface area contributed by atoms with Crippen LogP contribution in [0.3, 0.4) is 0 Å². The van der Waals surface area contributed by atoms with Crippen LogP contribution in [-0.2, 0) is 18.3 Å². The molecule has 1 fully saturated rings. The summed E-state index contributed by atoms with van der Waals surface area (Å²) >= 11 is 0. The molecule has 0 aliphatic carbocycles. The molecule has 1 unspecified atom stereocenters. The Labute approximate surface area is 120 Å². The van der Waals surface area contributed by atoms with E-state index in [1.165, 1.54) is 6.42 Å². The predicted molar refractivity (Wildman–Crippen MR) is 79.6 cm³/mol. The summed E-state index contributed by atoms with van der Waals surface area (Å²) < 4.78 is 7.12. The minimum absolute atomic E-state index is 0.612. The summed E-state index contributed by atoms with van der Waals surface area (Å²) in [5, 5.41) is 7.55. The van der Waals surface area contributed by atoms with Gasteiger partial charge in [-0.05, 0) is 19.4 Å². The number of aliphatic imine (C=N–C) groups is 1. The second-order valence-corrected chi connectivity index (χ2v) is 5.17. The molecule has 1 atom stereocenters. The molecule has 1 N–H and O–H groups in total. The second-order valence-electron chi connectivity index (χ2n) is 5.17. The third kappa shape index (κ3) is 3.72. The third-order valence-corrected chi connectivity index (χ3v) is 3.64. The Balaban J connectivity index is 1.98. The van der Waals surface area contributed by atoms with Gasteiger partial charge in [0.2, 0.25) is 0 Å². The summed E-state index contributed by atoms with van der Waals surface area (Å²) in [5.41, 5.74) is 1.12. The van der Waals surface area contributed by atoms with Crippen molar-refractivity contribution in [1.29, 1.82) is 0 Å². The molecule has 0 aromatic carbocycles. The number of nitrogens with zero attached hydrogens (tertiary/aromatic N) is 4. The zero-order valence-electron chi connectivity index (χ0n) is 12.7. The first-order valence-electron chi connectivity index (χ1n) is 7.23. The largest absolute Gasteiger partial charge is 0.384 e. The minimum Gasteiger partial charge on any atom is -0.384 e. The first kappa shape index (κ1) is 14.8. The quantitative estimate of drug-likeness (QED) is 0.641. The normalized spacial score (nSPS) is 19.6. The van der Waals surface area contributed by atoms with Crippen LogP contribution in [0.25, 0.3) is 0 Å². The van der Waals surface area contributed by atoms with Crippen LogP contribution in [0.4, 0.5) is 0 Å². The zero-order valence-corrected chi connectivity index (χ0v) is 12.7. The highest BCUT2D eigenvalue weighted by Gasteiger charge is 2.24. The Morgan fingerprint density at radius 3 is 3.10 bits per heavy atom. The number of likely N-dealkylation sites (tertiary alicyclic amines) is 1. The highest BCUT2D eigenvalue weighted by Crippen LogP contribution is 2.16. The van der Waals surface area contributed by atoms with E-state index in [-0.39, 0.29) is 0 Å². The van der Waals surface area contributed by atoms with Crippen LogP contribution < -0.4 is 5.32 Å². The number of aryl methyl sites for hydroxylation is 1. The van der Waals surface area contributed by atoms with Gasteiger partial charge in [0.05, 0.1) is 18.8 Å². The molecule has 1 aliphatic rings. The van der Waals surface area contributed by atoms with E-state index >= 15 is 0 Å². The summed E-state index contributed by atoms with van der Waals surface area (Å²) in [6, 6.07) is 2.00. The molecule has 0 spiro atoms. The van der Waals surface area contributed by atoms with E-state index in [4.69, 9.17) is 9.73 Å². The topological polar surface area (TPSA) is 54.7 Å². The highest BCUT2D eigenvalue weighted by molar-refractivity contribution is 5.80. The van der Waals surface area contributed by atoms with Crippen molar-refractivity contribution in [3.05, 3.63) is 18.0 Å². The number of guanidine groups is 1. The molecule has 0 bridgehead atoms. The van der Waals surface area contributed by atoms with E-state index < -0.39 is 0 Å². The second kappa shape index (κ2) is 7.28. The van der Waals surface area contributed by atoms with Crippen LogP contribution >= 0.6 is 0 Å². The summed E-state index contributed by atoms with van der Waals surface area (Å²) in [7, 11) is 3.71. The van der Waals surface area contributed by atoms with Crippen molar-refractivity contribution in [1.82, 2.24) is 20.0 Å². The van der Waals surface area contributed by atoms with Crippen LogP contribution in [0.15, 0.2) is 17.3 Å². The fourth-order valence-corrected chi connectivity index (χ4v) is 2.53. The van der Waals surface area contributed by atoms with Crippen molar-refractivity contribution in [2.75, 3.05) is 33.4 Å². The van der Waals surface area contributed by atoms with Gasteiger partial charge in [0, 0.05) is 45.9 Å². The predicted octanol–water partition coefficient (Wildman–Crippen LogP) is 0.854. The van der Waals surface area contributed by atoms with E-state index in [0.717, 1.165) is 37.9 Å². The fourth-order valence-electron chi connectivity index (χ4n) is 2.53. The number of hydrogen-bond acceptors (Lipinski definition) is 3. The Bertz CT molecular complexity index is 443. The van der Waals surface area contributed by atoms with Crippen LogP contribution in [0, 0.1) is 5.92 Å². The van der Waals surface area contributed by atoms with Gasteiger partial charge in [-0.25, -0.2) is 4.99 Å². The standard InChI is InChI=1S/C14H25N5O/c1-4-15-14(16-9-13-5-7-17-18(13)2)19-8-6-12(10-19)11-20-3/h5,7,12H,4,6,8-11H2,1-3H3,(H,15,16). The lowest BCUT2D eigenvalue weighted by Gasteiger charge is -2.21. The van der Waals surface area contributed by atoms with E-state index in [1.807, 2.05) is 24.0 Å². The molecule has 2 heterocycles.